The summed E-state index contributed by atoms with van der Waals surface area (Å²) in [5, 5.41) is 5.90. The minimum absolute atomic E-state index is 0.0352. The topological polar surface area (TPSA) is 103 Å². The molecule has 0 spiro atoms. The van der Waals surface area contributed by atoms with E-state index in [-0.39, 0.29) is 37.5 Å². The average Bonchev–Trinajstić information content (AvgIpc) is 3.37. The van der Waals surface area contributed by atoms with Crippen molar-refractivity contribution in [3.8, 4) is 23.0 Å². The Labute approximate surface area is 191 Å². The maximum atomic E-state index is 12.5. The van der Waals surface area contributed by atoms with E-state index in [9.17, 15) is 9.59 Å². The first-order valence-electron chi connectivity index (χ1n) is 11.1. The van der Waals surface area contributed by atoms with E-state index in [1.165, 1.54) is 0 Å². The number of oxazole rings is 1. The van der Waals surface area contributed by atoms with E-state index in [0.717, 1.165) is 24.8 Å². The van der Waals surface area contributed by atoms with Gasteiger partial charge < -0.3 is 24.5 Å². The number of ether oxygens (including phenoxy) is 2. The maximum absolute atomic E-state index is 12.5. The van der Waals surface area contributed by atoms with Crippen LogP contribution in [0.15, 0.2) is 46.9 Å². The summed E-state index contributed by atoms with van der Waals surface area (Å²) in [5.41, 5.74) is 2.87. The molecule has 2 amide bonds. The third-order valence-corrected chi connectivity index (χ3v) is 6.04. The number of fused-ring (bicyclic) bond motifs is 1. The predicted octanol–water partition coefficient (Wildman–Crippen LogP) is 3.98. The minimum atomic E-state index is -0.133. The van der Waals surface area contributed by atoms with Crippen LogP contribution in [0.4, 0.5) is 5.69 Å². The van der Waals surface area contributed by atoms with Crippen LogP contribution in [0.3, 0.4) is 0 Å². The summed E-state index contributed by atoms with van der Waals surface area (Å²) < 4.78 is 16.5. The standard InChI is InChI=1S/C25H25N3O5/c1-15-20(13-26-23(29)12-16-9-10-21-22(11-16)32-14-31-21)28-25(33-15)18-7-2-3-8-19(18)27-24(30)17-5-4-6-17/h2-3,7-11,17H,4-6,12-14H2,1H3,(H,26,29)(H,27,30). The Morgan fingerprint density at radius 2 is 1.91 bits per heavy atom. The van der Waals surface area contributed by atoms with Crippen molar-refractivity contribution in [3.63, 3.8) is 0 Å². The van der Waals surface area contributed by atoms with Gasteiger partial charge in [0.15, 0.2) is 11.5 Å². The zero-order valence-electron chi connectivity index (χ0n) is 18.3. The molecule has 1 aromatic heterocycles. The number of benzene rings is 2. The maximum Gasteiger partial charge on any atom is 0.231 e. The molecule has 1 aliphatic carbocycles. The molecule has 0 bridgehead atoms. The quantitative estimate of drug-likeness (QED) is 0.568. The second kappa shape index (κ2) is 8.97. The van der Waals surface area contributed by atoms with E-state index in [1.807, 2.05) is 43.3 Å². The molecule has 1 saturated carbocycles. The molecule has 8 nitrogen and oxygen atoms in total. The van der Waals surface area contributed by atoms with Gasteiger partial charge in [-0.3, -0.25) is 9.59 Å². The Morgan fingerprint density at radius 1 is 1.09 bits per heavy atom. The van der Waals surface area contributed by atoms with Crippen molar-refractivity contribution in [2.75, 3.05) is 12.1 Å². The summed E-state index contributed by atoms with van der Waals surface area (Å²) in [6, 6.07) is 12.9. The number of hydrogen-bond donors (Lipinski definition) is 2. The Kier molecular flexibility index (Phi) is 5.73. The predicted molar refractivity (Wildman–Crippen MR) is 121 cm³/mol. The van der Waals surface area contributed by atoms with Gasteiger partial charge in [-0.25, -0.2) is 4.98 Å². The number of nitrogens with zero attached hydrogens (tertiary/aromatic N) is 1. The lowest BCUT2D eigenvalue weighted by Gasteiger charge is -2.24. The molecule has 0 atom stereocenters. The number of para-hydroxylation sites is 1. The van der Waals surface area contributed by atoms with E-state index in [1.54, 1.807) is 6.07 Å². The average molecular weight is 447 g/mol. The molecule has 170 valence electrons. The number of anilines is 1. The fraction of sp³-hybridized carbons (Fsp3) is 0.320. The molecule has 2 heterocycles. The van der Waals surface area contributed by atoms with Crippen molar-refractivity contribution in [3.05, 3.63) is 59.5 Å². The molecule has 8 heteroatoms. The normalized spacial score (nSPS) is 14.6. The fourth-order valence-electron chi connectivity index (χ4n) is 3.87. The van der Waals surface area contributed by atoms with Crippen molar-refractivity contribution in [1.82, 2.24) is 10.3 Å². The first-order valence-corrected chi connectivity index (χ1v) is 11.1. The number of hydrogen-bond acceptors (Lipinski definition) is 6. The van der Waals surface area contributed by atoms with Crippen molar-refractivity contribution in [2.45, 2.75) is 39.2 Å². The zero-order chi connectivity index (χ0) is 22.8. The highest BCUT2D eigenvalue weighted by Gasteiger charge is 2.26. The minimum Gasteiger partial charge on any atom is -0.454 e. The summed E-state index contributed by atoms with van der Waals surface area (Å²) in [5.74, 6) is 2.36. The first kappa shape index (κ1) is 21.1. The fourth-order valence-corrected chi connectivity index (χ4v) is 3.87. The summed E-state index contributed by atoms with van der Waals surface area (Å²) in [4.78, 5) is 29.5. The van der Waals surface area contributed by atoms with Crippen LogP contribution < -0.4 is 20.1 Å². The number of carbonyl (C=O) groups is 2. The van der Waals surface area contributed by atoms with Gasteiger partial charge in [-0.2, -0.15) is 0 Å². The number of amides is 2. The van der Waals surface area contributed by atoms with Crippen LogP contribution in [-0.2, 0) is 22.6 Å². The van der Waals surface area contributed by atoms with Crippen molar-refractivity contribution in [2.24, 2.45) is 5.92 Å². The van der Waals surface area contributed by atoms with Crippen LogP contribution in [-0.4, -0.2) is 23.6 Å². The van der Waals surface area contributed by atoms with Crippen molar-refractivity contribution >= 4 is 17.5 Å². The van der Waals surface area contributed by atoms with Crippen LogP contribution in [0.5, 0.6) is 11.5 Å². The SMILES string of the molecule is Cc1oc(-c2ccccc2NC(=O)C2CCC2)nc1CNC(=O)Cc1ccc2c(c1)OCO2. The van der Waals surface area contributed by atoms with Gasteiger partial charge in [-0.05, 0) is 49.6 Å². The van der Waals surface area contributed by atoms with Crippen LogP contribution >= 0.6 is 0 Å². The van der Waals surface area contributed by atoms with E-state index in [0.29, 0.717) is 40.1 Å². The Balaban J connectivity index is 1.24. The monoisotopic (exact) mass is 447 g/mol. The molecule has 1 aliphatic heterocycles. The number of nitrogens with one attached hydrogen (secondary N) is 2. The van der Waals surface area contributed by atoms with E-state index < -0.39 is 0 Å². The highest BCUT2D eigenvalue weighted by molar-refractivity contribution is 5.96. The summed E-state index contributed by atoms with van der Waals surface area (Å²) in [6.45, 7) is 2.26. The lowest BCUT2D eigenvalue weighted by molar-refractivity contribution is -0.122. The number of rotatable bonds is 7. The van der Waals surface area contributed by atoms with Gasteiger partial charge in [-0.15, -0.1) is 0 Å². The van der Waals surface area contributed by atoms with Gasteiger partial charge in [0.1, 0.15) is 11.5 Å². The molecule has 2 N–H and O–H groups in total. The molecule has 5 rings (SSSR count). The smallest absolute Gasteiger partial charge is 0.231 e. The third kappa shape index (κ3) is 4.55. The number of carbonyl (C=O) groups excluding carboxylic acids is 2. The molecule has 1 fully saturated rings. The molecule has 0 unspecified atom stereocenters. The van der Waals surface area contributed by atoms with Crippen LogP contribution in [0.25, 0.3) is 11.5 Å². The number of aryl methyl sites for hydroxylation is 1. The van der Waals surface area contributed by atoms with Gasteiger partial charge in [0.25, 0.3) is 0 Å². The molecular weight excluding hydrogens is 422 g/mol. The highest BCUT2D eigenvalue weighted by atomic mass is 16.7. The molecule has 33 heavy (non-hydrogen) atoms. The van der Waals surface area contributed by atoms with Gasteiger partial charge in [0.05, 0.1) is 24.2 Å². The first-order chi connectivity index (χ1) is 16.1. The van der Waals surface area contributed by atoms with Crippen LogP contribution in [0.1, 0.15) is 36.3 Å². The molecule has 2 aromatic carbocycles. The molecule has 2 aliphatic rings. The van der Waals surface area contributed by atoms with Crippen molar-refractivity contribution in [1.29, 1.82) is 0 Å². The summed E-state index contributed by atoms with van der Waals surface area (Å²) in [6.07, 6.45) is 3.18. The number of aromatic nitrogens is 1. The Hall–Kier alpha value is -3.81. The summed E-state index contributed by atoms with van der Waals surface area (Å²) in [7, 11) is 0. The molecule has 3 aromatic rings. The molecule has 0 saturated heterocycles. The van der Waals surface area contributed by atoms with Gasteiger partial charge >= 0.3 is 0 Å². The second-order valence-electron chi connectivity index (χ2n) is 8.33. The van der Waals surface area contributed by atoms with E-state index in [2.05, 4.69) is 15.6 Å². The molecule has 0 radical (unpaired) electrons. The zero-order valence-corrected chi connectivity index (χ0v) is 18.3. The Morgan fingerprint density at radius 3 is 2.73 bits per heavy atom. The lowest BCUT2D eigenvalue weighted by Crippen LogP contribution is -2.28. The van der Waals surface area contributed by atoms with Crippen LogP contribution in [0.2, 0.25) is 0 Å². The second-order valence-corrected chi connectivity index (χ2v) is 8.33. The molecular formula is C25H25N3O5. The van der Waals surface area contributed by atoms with E-state index in [4.69, 9.17) is 13.9 Å². The van der Waals surface area contributed by atoms with Crippen LogP contribution in [0, 0.1) is 12.8 Å². The largest absolute Gasteiger partial charge is 0.454 e. The third-order valence-electron chi connectivity index (χ3n) is 6.04. The lowest BCUT2D eigenvalue weighted by atomic mass is 9.85. The van der Waals surface area contributed by atoms with Gasteiger partial charge in [-0.1, -0.05) is 24.6 Å². The van der Waals surface area contributed by atoms with Crippen molar-refractivity contribution < 1.29 is 23.5 Å². The van der Waals surface area contributed by atoms with E-state index >= 15 is 0 Å². The van der Waals surface area contributed by atoms with Gasteiger partial charge in [0.2, 0.25) is 24.5 Å². The highest BCUT2D eigenvalue weighted by Crippen LogP contribution is 2.33. The Bertz CT molecular complexity index is 1200. The van der Waals surface area contributed by atoms with Gasteiger partial charge in [0, 0.05) is 5.92 Å². The summed E-state index contributed by atoms with van der Waals surface area (Å²) >= 11 is 0.